The molecule has 3 nitrogen and oxygen atoms in total. The number of hydrogen-bond donors (Lipinski definition) is 0. The average molecular weight is 218 g/mol. The van der Waals surface area contributed by atoms with Crippen LogP contribution < -0.4 is 4.74 Å². The Morgan fingerprint density at radius 3 is 2.94 bits per heavy atom. The molecule has 3 heteroatoms. The van der Waals surface area contributed by atoms with Crippen molar-refractivity contribution in [2.45, 2.75) is 25.4 Å². The molecular weight excluding hydrogens is 204 g/mol. The lowest BCUT2D eigenvalue weighted by Gasteiger charge is -2.11. The van der Waals surface area contributed by atoms with Crippen LogP contribution in [0.2, 0.25) is 0 Å². The Morgan fingerprint density at radius 2 is 2.25 bits per heavy atom. The Kier molecular flexibility index (Phi) is 2.06. The zero-order chi connectivity index (χ0) is 11.2. The lowest BCUT2D eigenvalue weighted by atomic mass is 10.1. The van der Waals surface area contributed by atoms with Crippen molar-refractivity contribution >= 4 is 6.08 Å². The number of epoxide rings is 1. The van der Waals surface area contributed by atoms with Gasteiger partial charge in [0.05, 0.1) is 13.7 Å². The molecule has 16 heavy (non-hydrogen) atoms. The van der Waals surface area contributed by atoms with Crippen LogP contribution in [0.25, 0.3) is 6.08 Å². The minimum absolute atomic E-state index is 0.143. The molecule has 1 fully saturated rings. The highest BCUT2D eigenvalue weighted by molar-refractivity contribution is 5.60. The molecule has 2 atom stereocenters. The van der Waals surface area contributed by atoms with Crippen LogP contribution in [0.4, 0.5) is 0 Å². The minimum atomic E-state index is -0.496. The quantitative estimate of drug-likeness (QED) is 0.678. The smallest absolute Gasteiger partial charge is 0.215 e. The Hall–Kier alpha value is -1.32. The lowest BCUT2D eigenvalue weighted by Crippen LogP contribution is -2.14. The van der Waals surface area contributed by atoms with Gasteiger partial charge in [-0.2, -0.15) is 0 Å². The molecule has 0 aromatic heterocycles. The van der Waals surface area contributed by atoms with Gasteiger partial charge in [0.1, 0.15) is 11.9 Å². The summed E-state index contributed by atoms with van der Waals surface area (Å²) in [6.07, 6.45) is 4.18. The molecule has 0 aliphatic carbocycles. The van der Waals surface area contributed by atoms with Crippen LogP contribution in [0.1, 0.15) is 18.1 Å². The van der Waals surface area contributed by atoms with Gasteiger partial charge in [0.25, 0.3) is 0 Å². The van der Waals surface area contributed by atoms with Crippen LogP contribution in [-0.2, 0) is 16.1 Å². The molecule has 2 aliphatic rings. The molecular formula is C13H14O3. The summed E-state index contributed by atoms with van der Waals surface area (Å²) in [4.78, 5) is 0. The maximum absolute atomic E-state index is 5.79. The van der Waals surface area contributed by atoms with Crippen molar-refractivity contribution in [1.82, 2.24) is 0 Å². The highest BCUT2D eigenvalue weighted by Crippen LogP contribution is 2.43. The monoisotopic (exact) mass is 218 g/mol. The standard InChI is InChI=1S/C13H14O3/c1-9-13(16-9)7-6-10-4-3-5-12(14-2)11(10)8-15-13/h3-7,9H,8H2,1-2H3. The van der Waals surface area contributed by atoms with E-state index in [-0.39, 0.29) is 6.10 Å². The van der Waals surface area contributed by atoms with Crippen molar-refractivity contribution in [2.24, 2.45) is 0 Å². The van der Waals surface area contributed by atoms with Gasteiger partial charge in [0.15, 0.2) is 0 Å². The first kappa shape index (κ1) is 9.87. The average Bonchev–Trinajstić information content (AvgIpc) is 2.99. The Bertz CT molecular complexity index is 452. The van der Waals surface area contributed by atoms with Gasteiger partial charge >= 0.3 is 0 Å². The highest BCUT2D eigenvalue weighted by atomic mass is 16.8. The Morgan fingerprint density at radius 1 is 1.44 bits per heavy atom. The van der Waals surface area contributed by atoms with Gasteiger partial charge in [-0.15, -0.1) is 0 Å². The van der Waals surface area contributed by atoms with E-state index in [1.54, 1.807) is 7.11 Å². The molecule has 1 aromatic rings. The van der Waals surface area contributed by atoms with E-state index in [1.807, 2.05) is 31.2 Å². The molecule has 84 valence electrons. The van der Waals surface area contributed by atoms with Crippen molar-refractivity contribution in [3.05, 3.63) is 35.4 Å². The number of methoxy groups -OCH3 is 1. The van der Waals surface area contributed by atoms with E-state index >= 15 is 0 Å². The van der Waals surface area contributed by atoms with Crippen LogP contribution in [0.15, 0.2) is 24.3 Å². The molecule has 2 heterocycles. The number of benzene rings is 1. The summed E-state index contributed by atoms with van der Waals surface area (Å²) in [6, 6.07) is 5.99. The second kappa shape index (κ2) is 3.34. The fourth-order valence-corrected chi connectivity index (χ4v) is 2.09. The second-order valence-electron chi connectivity index (χ2n) is 4.13. The third-order valence-electron chi connectivity index (χ3n) is 3.20. The summed E-state index contributed by atoms with van der Waals surface area (Å²) in [5, 5.41) is 0. The van der Waals surface area contributed by atoms with E-state index in [0.717, 1.165) is 16.9 Å². The number of rotatable bonds is 1. The molecule has 0 radical (unpaired) electrons. The third kappa shape index (κ3) is 1.36. The van der Waals surface area contributed by atoms with Gasteiger partial charge in [0.2, 0.25) is 5.79 Å². The van der Waals surface area contributed by atoms with E-state index in [2.05, 4.69) is 6.07 Å². The van der Waals surface area contributed by atoms with Gasteiger partial charge in [-0.3, -0.25) is 0 Å². The number of ether oxygens (including phenoxy) is 3. The van der Waals surface area contributed by atoms with E-state index in [0.29, 0.717) is 6.61 Å². The summed E-state index contributed by atoms with van der Waals surface area (Å²) < 4.78 is 16.6. The zero-order valence-corrected chi connectivity index (χ0v) is 9.40. The molecule has 0 amide bonds. The van der Waals surface area contributed by atoms with Crippen LogP contribution >= 0.6 is 0 Å². The van der Waals surface area contributed by atoms with Gasteiger partial charge in [-0.25, -0.2) is 0 Å². The van der Waals surface area contributed by atoms with Gasteiger partial charge < -0.3 is 14.2 Å². The third-order valence-corrected chi connectivity index (χ3v) is 3.20. The zero-order valence-electron chi connectivity index (χ0n) is 9.40. The lowest BCUT2D eigenvalue weighted by molar-refractivity contribution is -0.0181. The molecule has 0 saturated carbocycles. The van der Waals surface area contributed by atoms with Crippen molar-refractivity contribution < 1.29 is 14.2 Å². The first-order valence-electron chi connectivity index (χ1n) is 5.42. The van der Waals surface area contributed by atoms with Crippen molar-refractivity contribution in [1.29, 1.82) is 0 Å². The summed E-state index contributed by atoms with van der Waals surface area (Å²) >= 11 is 0. The topological polar surface area (TPSA) is 31.0 Å². The Labute approximate surface area is 94.6 Å². The summed E-state index contributed by atoms with van der Waals surface area (Å²) in [5.74, 6) is 0.372. The first-order chi connectivity index (χ1) is 7.75. The second-order valence-corrected chi connectivity index (χ2v) is 4.13. The van der Waals surface area contributed by atoms with E-state index in [1.165, 1.54) is 0 Å². The maximum atomic E-state index is 5.79. The SMILES string of the molecule is COc1cccc2c1COC1(C=C2)OC1C. The van der Waals surface area contributed by atoms with Gasteiger partial charge in [0, 0.05) is 5.56 Å². The van der Waals surface area contributed by atoms with E-state index < -0.39 is 5.79 Å². The summed E-state index contributed by atoms with van der Waals surface area (Å²) in [6.45, 7) is 2.54. The Balaban J connectivity index is 1.99. The fourth-order valence-electron chi connectivity index (χ4n) is 2.09. The number of fused-ring (bicyclic) bond motifs is 1. The normalized spacial score (nSPS) is 31.0. The largest absolute Gasteiger partial charge is 0.496 e. The summed E-state index contributed by atoms with van der Waals surface area (Å²) in [7, 11) is 1.68. The molecule has 1 saturated heterocycles. The first-order valence-corrected chi connectivity index (χ1v) is 5.42. The minimum Gasteiger partial charge on any atom is -0.496 e. The van der Waals surface area contributed by atoms with Gasteiger partial charge in [-0.1, -0.05) is 18.2 Å². The predicted molar refractivity (Wildman–Crippen MR) is 60.1 cm³/mol. The summed E-state index contributed by atoms with van der Waals surface area (Å²) in [5.41, 5.74) is 2.22. The molecule has 0 N–H and O–H groups in total. The van der Waals surface area contributed by atoms with Crippen LogP contribution in [0.3, 0.4) is 0 Å². The highest BCUT2D eigenvalue weighted by Gasteiger charge is 2.53. The van der Waals surface area contributed by atoms with Crippen molar-refractivity contribution in [3.63, 3.8) is 0 Å². The maximum Gasteiger partial charge on any atom is 0.215 e. The molecule has 1 aromatic carbocycles. The van der Waals surface area contributed by atoms with Crippen LogP contribution in [0, 0.1) is 0 Å². The molecule has 1 spiro atoms. The predicted octanol–water partition coefficient (Wildman–Crippen LogP) is 2.35. The molecule has 2 unspecified atom stereocenters. The number of hydrogen-bond acceptors (Lipinski definition) is 3. The fraction of sp³-hybridized carbons (Fsp3) is 0.385. The van der Waals surface area contributed by atoms with E-state index in [9.17, 15) is 0 Å². The van der Waals surface area contributed by atoms with Crippen LogP contribution in [0.5, 0.6) is 5.75 Å². The van der Waals surface area contributed by atoms with Crippen molar-refractivity contribution in [3.8, 4) is 5.75 Å². The van der Waals surface area contributed by atoms with Crippen LogP contribution in [-0.4, -0.2) is 19.0 Å². The van der Waals surface area contributed by atoms with Crippen molar-refractivity contribution in [2.75, 3.05) is 7.11 Å². The molecule has 0 bridgehead atoms. The van der Waals surface area contributed by atoms with E-state index in [4.69, 9.17) is 14.2 Å². The molecule has 2 aliphatic heterocycles. The molecule has 3 rings (SSSR count). The van der Waals surface area contributed by atoms with Gasteiger partial charge in [-0.05, 0) is 24.6 Å².